The maximum absolute atomic E-state index is 12.3. The van der Waals surface area contributed by atoms with E-state index in [0.29, 0.717) is 24.5 Å². The molecule has 0 amide bonds. The van der Waals surface area contributed by atoms with Crippen LogP contribution in [0.2, 0.25) is 0 Å². The van der Waals surface area contributed by atoms with Crippen LogP contribution in [-0.2, 0) is 9.53 Å². The number of aromatic nitrogens is 1. The van der Waals surface area contributed by atoms with Gasteiger partial charge in [0.25, 0.3) is 0 Å². The summed E-state index contributed by atoms with van der Waals surface area (Å²) in [6, 6.07) is 3.65. The molecule has 23 heavy (non-hydrogen) atoms. The van der Waals surface area contributed by atoms with E-state index in [1.54, 1.807) is 18.3 Å². The lowest BCUT2D eigenvalue weighted by Gasteiger charge is -2.27. The van der Waals surface area contributed by atoms with Gasteiger partial charge in [-0.2, -0.15) is 0 Å². The lowest BCUT2D eigenvalue weighted by molar-refractivity contribution is -0.129. The van der Waals surface area contributed by atoms with E-state index in [1.807, 2.05) is 30.4 Å². The Morgan fingerprint density at radius 3 is 2.83 bits per heavy atom. The average molecular weight is 308 g/mol. The summed E-state index contributed by atoms with van der Waals surface area (Å²) in [5, 5.41) is 0. The Balaban J connectivity index is 1.46. The molecule has 0 bridgehead atoms. The summed E-state index contributed by atoms with van der Waals surface area (Å²) in [6.45, 7) is 3.08. The minimum absolute atomic E-state index is 0.355. The Labute approximate surface area is 134 Å². The van der Waals surface area contributed by atoms with Gasteiger partial charge in [-0.3, -0.25) is 0 Å². The van der Waals surface area contributed by atoms with Crippen molar-refractivity contribution in [3.8, 4) is 5.75 Å². The van der Waals surface area contributed by atoms with E-state index in [0.717, 1.165) is 30.1 Å². The van der Waals surface area contributed by atoms with Crippen LogP contribution in [0.3, 0.4) is 0 Å². The van der Waals surface area contributed by atoms with E-state index in [-0.39, 0.29) is 5.97 Å². The van der Waals surface area contributed by atoms with Crippen LogP contribution in [0.4, 0.5) is 5.82 Å². The fraction of sp³-hybridized carbons (Fsp3) is 0.222. The van der Waals surface area contributed by atoms with Crippen molar-refractivity contribution >= 4 is 11.8 Å². The summed E-state index contributed by atoms with van der Waals surface area (Å²) >= 11 is 0. The molecule has 0 unspecified atom stereocenters. The zero-order valence-electron chi connectivity index (χ0n) is 12.6. The van der Waals surface area contributed by atoms with Crippen molar-refractivity contribution in [2.45, 2.75) is 0 Å². The number of esters is 1. The number of hydrogen-bond donors (Lipinski definition) is 0. The molecule has 1 aliphatic heterocycles. The Kier molecular flexibility index (Phi) is 3.55. The van der Waals surface area contributed by atoms with Gasteiger partial charge in [-0.25, -0.2) is 9.78 Å². The van der Waals surface area contributed by atoms with Crippen molar-refractivity contribution in [3.63, 3.8) is 0 Å². The number of morpholine rings is 1. The summed E-state index contributed by atoms with van der Waals surface area (Å²) in [7, 11) is 0. The first-order valence-electron chi connectivity index (χ1n) is 7.63. The van der Waals surface area contributed by atoms with E-state index in [1.165, 1.54) is 0 Å². The van der Waals surface area contributed by atoms with E-state index in [2.05, 4.69) is 9.88 Å². The summed E-state index contributed by atoms with van der Waals surface area (Å²) in [4.78, 5) is 18.8. The molecule has 0 saturated carbocycles. The van der Waals surface area contributed by atoms with Gasteiger partial charge >= 0.3 is 5.97 Å². The molecule has 4 rings (SSSR count). The van der Waals surface area contributed by atoms with Gasteiger partial charge in [0.05, 0.1) is 25.0 Å². The summed E-state index contributed by atoms with van der Waals surface area (Å²) < 4.78 is 10.8. The van der Waals surface area contributed by atoms with Crippen molar-refractivity contribution in [1.29, 1.82) is 0 Å². The molecule has 1 saturated heterocycles. The number of pyridine rings is 1. The molecular weight excluding hydrogens is 292 g/mol. The molecule has 0 radical (unpaired) electrons. The van der Waals surface area contributed by atoms with Gasteiger partial charge in [0.2, 0.25) is 0 Å². The normalized spacial score (nSPS) is 19.1. The highest BCUT2D eigenvalue weighted by molar-refractivity contribution is 5.98. The molecule has 2 heterocycles. The molecule has 5 heteroatoms. The van der Waals surface area contributed by atoms with Crippen LogP contribution in [0, 0.1) is 0 Å². The van der Waals surface area contributed by atoms with Gasteiger partial charge in [0, 0.05) is 13.1 Å². The number of ether oxygens (including phenoxy) is 2. The molecule has 0 atom stereocenters. The molecule has 0 spiro atoms. The highest BCUT2D eigenvalue weighted by atomic mass is 16.5. The topological polar surface area (TPSA) is 51.7 Å². The van der Waals surface area contributed by atoms with E-state index in [9.17, 15) is 4.79 Å². The predicted molar refractivity (Wildman–Crippen MR) is 86.3 cm³/mol. The minimum Gasteiger partial charge on any atom is -0.421 e. The van der Waals surface area contributed by atoms with Crippen LogP contribution in [0.1, 0.15) is 0 Å². The summed E-state index contributed by atoms with van der Waals surface area (Å²) in [5.41, 5.74) is 2.56. The highest BCUT2D eigenvalue weighted by Crippen LogP contribution is 2.30. The lowest BCUT2D eigenvalue weighted by Crippen LogP contribution is -2.36. The third-order valence-electron chi connectivity index (χ3n) is 4.06. The first-order valence-corrected chi connectivity index (χ1v) is 7.63. The number of anilines is 1. The van der Waals surface area contributed by atoms with Gasteiger partial charge in [0.15, 0.2) is 0 Å². The van der Waals surface area contributed by atoms with E-state index >= 15 is 0 Å². The van der Waals surface area contributed by atoms with Crippen molar-refractivity contribution < 1.29 is 14.3 Å². The highest BCUT2D eigenvalue weighted by Gasteiger charge is 2.22. The number of fused-ring (bicyclic) bond motifs is 1. The van der Waals surface area contributed by atoms with Crippen molar-refractivity contribution in [2.24, 2.45) is 0 Å². The lowest BCUT2D eigenvalue weighted by atomic mass is 10.1. The average Bonchev–Trinajstić information content (AvgIpc) is 3.19. The Hall–Kier alpha value is -2.66. The maximum Gasteiger partial charge on any atom is 0.344 e. The van der Waals surface area contributed by atoms with Gasteiger partial charge in [-0.15, -0.1) is 0 Å². The van der Waals surface area contributed by atoms with Gasteiger partial charge < -0.3 is 14.4 Å². The van der Waals surface area contributed by atoms with Crippen LogP contribution in [-0.4, -0.2) is 37.3 Å². The SMILES string of the molecule is O=C(Oc1ccc(N2CCOCC2)nc1)C1=C2C=CC=C2C=C1. The quantitative estimate of drug-likeness (QED) is 0.801. The number of hydrogen-bond acceptors (Lipinski definition) is 5. The Bertz CT molecular complexity index is 751. The molecule has 1 aromatic rings. The number of nitrogens with zero attached hydrogens (tertiary/aromatic N) is 2. The third-order valence-corrected chi connectivity index (χ3v) is 4.06. The van der Waals surface area contributed by atoms with Crippen LogP contribution >= 0.6 is 0 Å². The second-order valence-electron chi connectivity index (χ2n) is 5.48. The van der Waals surface area contributed by atoms with Crippen LogP contribution in [0.25, 0.3) is 0 Å². The fourth-order valence-electron chi connectivity index (χ4n) is 2.84. The monoisotopic (exact) mass is 308 g/mol. The molecule has 0 N–H and O–H groups in total. The molecule has 5 nitrogen and oxygen atoms in total. The molecule has 2 aliphatic carbocycles. The molecule has 0 aromatic carbocycles. The zero-order chi connectivity index (χ0) is 15.6. The van der Waals surface area contributed by atoms with Crippen molar-refractivity contribution in [3.05, 3.63) is 65.4 Å². The van der Waals surface area contributed by atoms with E-state index in [4.69, 9.17) is 9.47 Å². The molecule has 116 valence electrons. The fourth-order valence-corrected chi connectivity index (χ4v) is 2.84. The number of carbonyl (C=O) groups excluding carboxylic acids is 1. The van der Waals surface area contributed by atoms with Crippen LogP contribution in [0.15, 0.2) is 65.4 Å². The van der Waals surface area contributed by atoms with Gasteiger partial charge in [0.1, 0.15) is 11.6 Å². The number of carbonyl (C=O) groups is 1. The summed E-state index contributed by atoms with van der Waals surface area (Å²) in [6.07, 6.45) is 11.1. The number of rotatable bonds is 3. The van der Waals surface area contributed by atoms with Crippen molar-refractivity contribution in [1.82, 2.24) is 4.98 Å². The second kappa shape index (κ2) is 5.85. The maximum atomic E-state index is 12.3. The third kappa shape index (κ3) is 2.71. The molecular formula is C18H16N2O3. The zero-order valence-corrected chi connectivity index (χ0v) is 12.6. The second-order valence-corrected chi connectivity index (χ2v) is 5.48. The van der Waals surface area contributed by atoms with Crippen LogP contribution < -0.4 is 9.64 Å². The Morgan fingerprint density at radius 2 is 2.04 bits per heavy atom. The smallest absolute Gasteiger partial charge is 0.344 e. The summed E-state index contributed by atoms with van der Waals surface area (Å²) in [5.74, 6) is 0.972. The molecule has 3 aliphatic rings. The predicted octanol–water partition coefficient (Wildman–Crippen LogP) is 2.19. The first-order chi connectivity index (χ1) is 11.3. The molecule has 1 aromatic heterocycles. The number of allylic oxidation sites excluding steroid dienone is 6. The first kappa shape index (κ1) is 14.0. The Morgan fingerprint density at radius 1 is 1.17 bits per heavy atom. The van der Waals surface area contributed by atoms with Gasteiger partial charge in [-0.05, 0) is 29.4 Å². The van der Waals surface area contributed by atoms with Gasteiger partial charge in [-0.1, -0.05) is 24.3 Å². The standard InChI is InChI=1S/C18H16N2O3/c21-18(16-6-4-13-2-1-3-15(13)16)23-14-5-7-17(19-12-14)20-8-10-22-11-9-20/h1-7,12H,8-11H2. The largest absolute Gasteiger partial charge is 0.421 e. The van der Waals surface area contributed by atoms with Crippen LogP contribution in [0.5, 0.6) is 5.75 Å². The minimum atomic E-state index is -0.355. The molecule has 1 fully saturated rings. The van der Waals surface area contributed by atoms with Crippen molar-refractivity contribution in [2.75, 3.05) is 31.2 Å². The van der Waals surface area contributed by atoms with E-state index < -0.39 is 0 Å².